The maximum absolute atomic E-state index is 9.43. The van der Waals surface area contributed by atoms with Gasteiger partial charge in [-0.2, -0.15) is 5.26 Å². The van der Waals surface area contributed by atoms with E-state index in [1.54, 1.807) is 0 Å². The molecule has 0 spiro atoms. The third kappa shape index (κ3) is 4.46. The molecule has 4 heterocycles. The van der Waals surface area contributed by atoms with E-state index in [0.29, 0.717) is 5.56 Å². The van der Waals surface area contributed by atoms with Gasteiger partial charge in [0.1, 0.15) is 11.2 Å². The maximum Gasteiger partial charge on any atom is 0.138 e. The van der Waals surface area contributed by atoms with E-state index in [0.717, 1.165) is 74.0 Å². The number of likely N-dealkylation sites (N-methyl/N-ethyl adjacent to an activating group) is 1. The summed E-state index contributed by atoms with van der Waals surface area (Å²) in [7, 11) is 2.21. The summed E-state index contributed by atoms with van der Waals surface area (Å²) < 4.78 is 11.8. The Hall–Kier alpha value is -6.65. The van der Waals surface area contributed by atoms with Crippen LogP contribution < -0.4 is 5.32 Å². The molecule has 1 aliphatic rings. The van der Waals surface area contributed by atoms with Crippen molar-refractivity contribution in [2.75, 3.05) is 20.1 Å². The van der Waals surface area contributed by atoms with Crippen LogP contribution in [0.4, 0.5) is 0 Å². The number of nitriles is 1. The maximum atomic E-state index is 9.43. The number of nitrogens with zero attached hydrogens (tertiary/aromatic N) is 4. The molecule has 2 unspecified atom stereocenters. The van der Waals surface area contributed by atoms with Crippen LogP contribution in [0.2, 0.25) is 0 Å². The number of hydrogen-bond acceptors (Lipinski definition) is 4. The number of rotatable bonds is 4. The third-order valence-corrected chi connectivity index (χ3v) is 11.6. The Labute approximate surface area is 311 Å². The molecule has 6 nitrogen and oxygen atoms in total. The van der Waals surface area contributed by atoms with E-state index in [9.17, 15) is 5.26 Å². The number of furan rings is 1. The molecule has 0 amide bonds. The molecule has 2 atom stereocenters. The molecule has 11 rings (SSSR count). The van der Waals surface area contributed by atoms with Crippen LogP contribution in [0.25, 0.3) is 76.9 Å². The minimum absolute atomic E-state index is 0.126. The van der Waals surface area contributed by atoms with Crippen LogP contribution in [-0.4, -0.2) is 34.2 Å². The number of hydrogen-bond donors (Lipinski definition) is 1. The number of para-hydroxylation sites is 5. The lowest BCUT2D eigenvalue weighted by Crippen LogP contribution is -2.47. The van der Waals surface area contributed by atoms with Crippen molar-refractivity contribution in [3.8, 4) is 17.4 Å². The van der Waals surface area contributed by atoms with Crippen molar-refractivity contribution < 1.29 is 4.42 Å². The van der Waals surface area contributed by atoms with Crippen LogP contribution in [0.15, 0.2) is 156 Å². The molecule has 54 heavy (non-hydrogen) atoms. The van der Waals surface area contributed by atoms with Gasteiger partial charge < -0.3 is 13.6 Å². The number of aromatic nitrogens is 2. The van der Waals surface area contributed by atoms with Gasteiger partial charge in [0.15, 0.2) is 0 Å². The topological polar surface area (TPSA) is 62.1 Å². The first kappa shape index (κ1) is 30.9. The summed E-state index contributed by atoms with van der Waals surface area (Å²) in [5.41, 5.74) is 11.6. The molecule has 6 heteroatoms. The van der Waals surface area contributed by atoms with Gasteiger partial charge in [0.05, 0.1) is 56.6 Å². The molecule has 0 saturated carbocycles. The number of nitrogens with one attached hydrogen (secondary N) is 1. The summed E-state index contributed by atoms with van der Waals surface area (Å²) in [5, 5.41) is 20.5. The Morgan fingerprint density at radius 3 is 1.63 bits per heavy atom. The average Bonchev–Trinajstić information content (AvgIpc) is 3.88. The molecule has 1 fully saturated rings. The standard InChI is InChI=1S/C48H35N5O/c1-51-29-32(31-24-22-30(27-49)23-25-31)28-50-48(51)38-26-44-45(37-16-6-11-21-43(37)54-44)47(53-41-19-9-4-14-35(41)36-15-5-10-20-42(36)53)46(38)52-39-17-7-2-12-33(39)34-13-3-8-18-40(34)52/h2-26,32,48,50H,28-29H2,1H3. The van der Waals surface area contributed by atoms with E-state index in [-0.39, 0.29) is 12.1 Å². The van der Waals surface area contributed by atoms with Crippen LogP contribution >= 0.6 is 0 Å². The van der Waals surface area contributed by atoms with Gasteiger partial charge in [-0.15, -0.1) is 0 Å². The zero-order chi connectivity index (χ0) is 35.9. The molecule has 0 aliphatic carbocycles. The van der Waals surface area contributed by atoms with E-state index in [1.165, 1.54) is 27.1 Å². The van der Waals surface area contributed by atoms with Gasteiger partial charge in [-0.3, -0.25) is 10.2 Å². The first-order valence-electron chi connectivity index (χ1n) is 18.6. The van der Waals surface area contributed by atoms with Gasteiger partial charge in [0, 0.05) is 51.5 Å². The molecular weight excluding hydrogens is 663 g/mol. The molecule has 1 aliphatic heterocycles. The predicted octanol–water partition coefficient (Wildman–Crippen LogP) is 11.0. The molecule has 0 radical (unpaired) electrons. The second-order valence-corrected chi connectivity index (χ2v) is 14.6. The Morgan fingerprint density at radius 2 is 1.09 bits per heavy atom. The summed E-state index contributed by atoms with van der Waals surface area (Å²) in [6, 6.07) is 56.2. The van der Waals surface area contributed by atoms with Gasteiger partial charge in [0.2, 0.25) is 0 Å². The van der Waals surface area contributed by atoms with Gasteiger partial charge in [-0.05, 0) is 61.1 Å². The molecule has 1 N–H and O–H groups in total. The fourth-order valence-corrected chi connectivity index (χ4v) is 9.19. The minimum Gasteiger partial charge on any atom is -0.456 e. The summed E-state index contributed by atoms with van der Waals surface area (Å²) in [5.74, 6) is 0.266. The van der Waals surface area contributed by atoms with Gasteiger partial charge in [-0.25, -0.2) is 0 Å². The Balaban J connectivity index is 1.28. The number of fused-ring (bicyclic) bond motifs is 9. The quantitative estimate of drug-likeness (QED) is 0.199. The van der Waals surface area contributed by atoms with Crippen molar-refractivity contribution in [3.63, 3.8) is 0 Å². The molecule has 10 aromatic rings. The van der Waals surface area contributed by atoms with E-state index >= 15 is 0 Å². The van der Waals surface area contributed by atoms with E-state index in [1.807, 2.05) is 12.1 Å². The van der Waals surface area contributed by atoms with Crippen LogP contribution in [0.1, 0.15) is 28.8 Å². The highest BCUT2D eigenvalue weighted by atomic mass is 16.3. The smallest absolute Gasteiger partial charge is 0.138 e. The Kier molecular flexibility index (Phi) is 6.84. The van der Waals surface area contributed by atoms with Crippen molar-refractivity contribution >= 4 is 65.6 Å². The highest BCUT2D eigenvalue weighted by molar-refractivity contribution is 6.17. The van der Waals surface area contributed by atoms with E-state index < -0.39 is 0 Å². The van der Waals surface area contributed by atoms with Crippen molar-refractivity contribution in [2.24, 2.45) is 0 Å². The normalized spacial score (nSPS) is 16.7. The summed E-state index contributed by atoms with van der Waals surface area (Å²) in [6.45, 7) is 1.63. The molecule has 0 bridgehead atoms. The van der Waals surface area contributed by atoms with Crippen molar-refractivity contribution in [1.29, 1.82) is 5.26 Å². The summed E-state index contributed by atoms with van der Waals surface area (Å²) >= 11 is 0. The first-order chi connectivity index (χ1) is 26.7. The lowest BCUT2D eigenvalue weighted by molar-refractivity contribution is 0.150. The minimum atomic E-state index is -0.126. The van der Waals surface area contributed by atoms with Crippen LogP contribution in [-0.2, 0) is 0 Å². The molecule has 7 aromatic carbocycles. The molecule has 258 valence electrons. The zero-order valence-electron chi connectivity index (χ0n) is 29.7. The van der Waals surface area contributed by atoms with Crippen molar-refractivity contribution in [1.82, 2.24) is 19.4 Å². The summed E-state index contributed by atoms with van der Waals surface area (Å²) in [6.07, 6.45) is -0.126. The third-order valence-electron chi connectivity index (χ3n) is 11.6. The van der Waals surface area contributed by atoms with Crippen LogP contribution in [0.3, 0.4) is 0 Å². The molecule has 1 saturated heterocycles. The average molecular weight is 698 g/mol. The molecular formula is C48H35N5O. The van der Waals surface area contributed by atoms with Gasteiger partial charge in [-0.1, -0.05) is 103 Å². The fourth-order valence-electron chi connectivity index (χ4n) is 9.19. The van der Waals surface area contributed by atoms with Gasteiger partial charge in [0.25, 0.3) is 0 Å². The first-order valence-corrected chi connectivity index (χ1v) is 18.6. The van der Waals surface area contributed by atoms with Crippen LogP contribution in [0, 0.1) is 11.3 Å². The molecule has 3 aromatic heterocycles. The Morgan fingerprint density at radius 1 is 0.593 bits per heavy atom. The Bertz CT molecular complexity index is 3030. The van der Waals surface area contributed by atoms with Crippen LogP contribution in [0.5, 0.6) is 0 Å². The number of benzene rings is 7. The highest BCUT2D eigenvalue weighted by Crippen LogP contribution is 2.47. The lowest BCUT2D eigenvalue weighted by Gasteiger charge is -2.40. The van der Waals surface area contributed by atoms with E-state index in [2.05, 4.69) is 172 Å². The largest absolute Gasteiger partial charge is 0.456 e. The fraction of sp³-hybridized carbons (Fsp3) is 0.104. The van der Waals surface area contributed by atoms with Crippen molar-refractivity contribution in [3.05, 3.63) is 168 Å². The zero-order valence-corrected chi connectivity index (χ0v) is 29.7. The van der Waals surface area contributed by atoms with Crippen molar-refractivity contribution in [2.45, 2.75) is 12.1 Å². The second kappa shape index (κ2) is 11.9. The lowest BCUT2D eigenvalue weighted by atomic mass is 9.93. The van der Waals surface area contributed by atoms with Gasteiger partial charge >= 0.3 is 0 Å². The highest BCUT2D eigenvalue weighted by Gasteiger charge is 2.34. The van der Waals surface area contributed by atoms with E-state index in [4.69, 9.17) is 4.42 Å². The summed E-state index contributed by atoms with van der Waals surface area (Å²) in [4.78, 5) is 2.43. The predicted molar refractivity (Wildman–Crippen MR) is 220 cm³/mol. The SMILES string of the molecule is CN1CC(c2ccc(C#N)cc2)CNC1c1cc2oc3ccccc3c2c(-n2c3ccccc3c3ccccc32)c1-n1c2ccccc2c2ccccc21. The monoisotopic (exact) mass is 697 g/mol. The second-order valence-electron chi connectivity index (χ2n) is 14.6.